The highest BCUT2D eigenvalue weighted by Crippen LogP contribution is 2.32. The molecule has 0 unspecified atom stereocenters. The van der Waals surface area contributed by atoms with E-state index in [1.807, 2.05) is 0 Å². The zero-order valence-corrected chi connectivity index (χ0v) is 12.2. The second-order valence-electron chi connectivity index (χ2n) is 3.98. The number of hydrogen-bond acceptors (Lipinski definition) is 5. The summed E-state index contributed by atoms with van der Waals surface area (Å²) in [5.41, 5.74) is 0.105. The van der Waals surface area contributed by atoms with Crippen LogP contribution in [0.1, 0.15) is 0 Å². The summed E-state index contributed by atoms with van der Waals surface area (Å²) in [7, 11) is 0. The predicted molar refractivity (Wildman–Crippen MR) is 76.3 cm³/mol. The third kappa shape index (κ3) is 2.75. The SMILES string of the molecule is O=C1C=C(Nc2c(O)cc(F)cc2I)C(=O)N1CCO. The summed E-state index contributed by atoms with van der Waals surface area (Å²) in [5.74, 6) is -2.13. The van der Waals surface area contributed by atoms with E-state index in [2.05, 4.69) is 5.32 Å². The number of aliphatic hydroxyl groups is 1. The number of amides is 2. The first-order valence-corrected chi connectivity index (χ1v) is 6.65. The molecule has 0 radical (unpaired) electrons. The van der Waals surface area contributed by atoms with Crippen LogP contribution in [-0.4, -0.2) is 40.1 Å². The fourth-order valence-electron chi connectivity index (χ4n) is 1.73. The third-order valence-electron chi connectivity index (χ3n) is 2.63. The quantitative estimate of drug-likeness (QED) is 0.401. The maximum absolute atomic E-state index is 13.1. The number of nitrogens with zero attached hydrogens (tertiary/aromatic N) is 1. The van der Waals surface area contributed by atoms with Crippen LogP contribution < -0.4 is 5.32 Å². The molecule has 0 saturated heterocycles. The molecular weight excluding hydrogens is 382 g/mol. The number of anilines is 1. The number of carbonyl (C=O) groups is 2. The topological polar surface area (TPSA) is 89.9 Å². The molecule has 20 heavy (non-hydrogen) atoms. The number of nitrogens with one attached hydrogen (secondary N) is 1. The molecule has 1 heterocycles. The number of hydrogen-bond donors (Lipinski definition) is 3. The molecule has 0 atom stereocenters. The van der Waals surface area contributed by atoms with Crippen molar-refractivity contribution in [2.75, 3.05) is 18.5 Å². The van der Waals surface area contributed by atoms with Gasteiger partial charge < -0.3 is 15.5 Å². The standard InChI is InChI=1S/C12H10FIN2O4/c13-6-3-7(14)11(9(18)4-6)15-8-5-10(19)16(1-2-17)12(8)20/h3-5,15,17-18H,1-2H2. The Morgan fingerprint density at radius 3 is 2.65 bits per heavy atom. The number of aromatic hydroxyl groups is 1. The highest BCUT2D eigenvalue weighted by Gasteiger charge is 2.31. The van der Waals surface area contributed by atoms with Crippen molar-refractivity contribution >= 4 is 40.1 Å². The minimum absolute atomic E-state index is 0.0386. The van der Waals surface area contributed by atoms with Crippen LogP contribution in [0.5, 0.6) is 5.75 Å². The van der Waals surface area contributed by atoms with Crippen LogP contribution in [0.4, 0.5) is 10.1 Å². The Morgan fingerprint density at radius 1 is 1.35 bits per heavy atom. The average Bonchev–Trinajstić information content (AvgIpc) is 2.62. The molecule has 3 N–H and O–H groups in total. The summed E-state index contributed by atoms with van der Waals surface area (Å²) in [6.07, 6.45) is 1.07. The zero-order chi connectivity index (χ0) is 14.9. The van der Waals surface area contributed by atoms with Gasteiger partial charge in [0.25, 0.3) is 11.8 Å². The van der Waals surface area contributed by atoms with Crippen molar-refractivity contribution < 1.29 is 24.2 Å². The first-order valence-electron chi connectivity index (χ1n) is 5.57. The Bertz CT molecular complexity index is 594. The normalized spacial score (nSPS) is 14.8. The van der Waals surface area contributed by atoms with Crippen molar-refractivity contribution in [3.63, 3.8) is 0 Å². The molecule has 2 rings (SSSR count). The number of phenols is 1. The van der Waals surface area contributed by atoms with Crippen LogP contribution in [0, 0.1) is 9.39 Å². The summed E-state index contributed by atoms with van der Waals surface area (Å²) >= 11 is 1.79. The summed E-state index contributed by atoms with van der Waals surface area (Å²) in [6, 6.07) is 2.08. The minimum Gasteiger partial charge on any atom is -0.506 e. The first-order chi connectivity index (χ1) is 9.43. The van der Waals surface area contributed by atoms with Crippen LogP contribution in [-0.2, 0) is 9.59 Å². The number of imide groups is 1. The number of halogens is 2. The predicted octanol–water partition coefficient (Wildman–Crippen LogP) is 0.793. The molecule has 0 bridgehead atoms. The lowest BCUT2D eigenvalue weighted by Gasteiger charge is -2.14. The summed E-state index contributed by atoms with van der Waals surface area (Å²) in [6.45, 7) is -0.441. The Hall–Kier alpha value is -1.68. The van der Waals surface area contributed by atoms with Crippen molar-refractivity contribution in [2.45, 2.75) is 0 Å². The number of benzene rings is 1. The maximum atomic E-state index is 13.1. The van der Waals surface area contributed by atoms with Crippen molar-refractivity contribution in [1.29, 1.82) is 0 Å². The van der Waals surface area contributed by atoms with Crippen molar-refractivity contribution in [2.24, 2.45) is 0 Å². The van der Waals surface area contributed by atoms with Gasteiger partial charge in [0.1, 0.15) is 17.3 Å². The van der Waals surface area contributed by atoms with Crippen molar-refractivity contribution in [3.8, 4) is 5.75 Å². The number of carbonyl (C=O) groups excluding carboxylic acids is 2. The van der Waals surface area contributed by atoms with Crippen LogP contribution >= 0.6 is 22.6 Å². The lowest BCUT2D eigenvalue weighted by molar-refractivity contribution is -0.137. The lowest BCUT2D eigenvalue weighted by atomic mass is 10.2. The molecular formula is C12H10FIN2O4. The van der Waals surface area contributed by atoms with Crippen LogP contribution in [0.3, 0.4) is 0 Å². The molecule has 0 aliphatic carbocycles. The molecule has 1 aromatic rings. The van der Waals surface area contributed by atoms with Gasteiger partial charge in [-0.2, -0.15) is 0 Å². The van der Waals surface area contributed by atoms with E-state index in [0.717, 1.165) is 17.0 Å². The Kier molecular flexibility index (Phi) is 4.23. The van der Waals surface area contributed by atoms with Crippen LogP contribution in [0.2, 0.25) is 0 Å². The van der Waals surface area contributed by atoms with Gasteiger partial charge in [-0.25, -0.2) is 4.39 Å². The Morgan fingerprint density at radius 2 is 2.05 bits per heavy atom. The highest BCUT2D eigenvalue weighted by molar-refractivity contribution is 14.1. The molecule has 6 nitrogen and oxygen atoms in total. The van der Waals surface area contributed by atoms with Gasteiger partial charge in [0.2, 0.25) is 0 Å². The molecule has 1 aliphatic heterocycles. The molecule has 0 spiro atoms. The van der Waals surface area contributed by atoms with Crippen LogP contribution in [0.25, 0.3) is 0 Å². The van der Waals surface area contributed by atoms with E-state index in [1.165, 1.54) is 6.07 Å². The van der Waals surface area contributed by atoms with Gasteiger partial charge in [0, 0.05) is 15.7 Å². The summed E-state index contributed by atoms with van der Waals surface area (Å²) < 4.78 is 13.4. The molecule has 106 valence electrons. The molecule has 1 aromatic carbocycles. The maximum Gasteiger partial charge on any atom is 0.277 e. The number of phenolic OH excluding ortho intramolecular Hbond substituents is 1. The molecule has 1 aliphatic rings. The van der Waals surface area contributed by atoms with E-state index < -0.39 is 17.6 Å². The summed E-state index contributed by atoms with van der Waals surface area (Å²) in [5, 5.41) is 21.1. The van der Waals surface area contributed by atoms with Gasteiger partial charge in [-0.3, -0.25) is 14.5 Å². The monoisotopic (exact) mass is 392 g/mol. The van der Waals surface area contributed by atoms with E-state index >= 15 is 0 Å². The van der Waals surface area contributed by atoms with Gasteiger partial charge in [0.15, 0.2) is 0 Å². The van der Waals surface area contributed by atoms with E-state index in [1.54, 1.807) is 22.6 Å². The van der Waals surface area contributed by atoms with Gasteiger partial charge in [0.05, 0.1) is 18.8 Å². The molecule has 0 saturated carbocycles. The largest absolute Gasteiger partial charge is 0.506 e. The average molecular weight is 392 g/mol. The third-order valence-corrected chi connectivity index (χ3v) is 3.48. The second-order valence-corrected chi connectivity index (χ2v) is 5.15. The van der Waals surface area contributed by atoms with E-state index in [9.17, 15) is 19.1 Å². The number of rotatable bonds is 4. The van der Waals surface area contributed by atoms with E-state index in [0.29, 0.717) is 3.57 Å². The molecule has 2 amide bonds. The Balaban J connectivity index is 2.26. The minimum atomic E-state index is -0.609. The van der Waals surface area contributed by atoms with Gasteiger partial charge in [-0.05, 0) is 28.7 Å². The highest BCUT2D eigenvalue weighted by atomic mass is 127. The zero-order valence-electron chi connectivity index (χ0n) is 10.1. The first kappa shape index (κ1) is 14.7. The fraction of sp³-hybridized carbons (Fsp3) is 0.167. The smallest absolute Gasteiger partial charge is 0.277 e. The fourth-order valence-corrected chi connectivity index (χ4v) is 2.44. The van der Waals surface area contributed by atoms with E-state index in [4.69, 9.17) is 5.11 Å². The van der Waals surface area contributed by atoms with Gasteiger partial charge >= 0.3 is 0 Å². The van der Waals surface area contributed by atoms with Crippen molar-refractivity contribution in [1.82, 2.24) is 4.90 Å². The Labute approximate surface area is 127 Å². The van der Waals surface area contributed by atoms with Gasteiger partial charge in [-0.1, -0.05) is 0 Å². The number of aliphatic hydroxyl groups excluding tert-OH is 1. The van der Waals surface area contributed by atoms with Crippen molar-refractivity contribution in [3.05, 3.63) is 33.3 Å². The lowest BCUT2D eigenvalue weighted by Crippen LogP contribution is -2.34. The van der Waals surface area contributed by atoms with Crippen LogP contribution in [0.15, 0.2) is 23.9 Å². The van der Waals surface area contributed by atoms with E-state index in [-0.39, 0.29) is 30.3 Å². The molecule has 0 fully saturated rings. The van der Waals surface area contributed by atoms with Gasteiger partial charge in [-0.15, -0.1) is 0 Å². The number of β-amino-alcohol motifs (C(OH)–C–C–N with tert-alkyl or cyclic N) is 1. The molecule has 8 heteroatoms. The second kappa shape index (κ2) is 5.75. The molecule has 0 aromatic heterocycles. The summed E-state index contributed by atoms with van der Waals surface area (Å²) in [4.78, 5) is 24.3.